The summed E-state index contributed by atoms with van der Waals surface area (Å²) in [6.07, 6.45) is 0. The van der Waals surface area contributed by atoms with Gasteiger partial charge in [0.05, 0.1) is 5.52 Å². The summed E-state index contributed by atoms with van der Waals surface area (Å²) in [7, 11) is 0. The third kappa shape index (κ3) is 1.29. The van der Waals surface area contributed by atoms with Gasteiger partial charge in [-0.2, -0.15) is 5.26 Å². The third-order valence-corrected chi connectivity index (χ3v) is 1.84. The predicted molar refractivity (Wildman–Crippen MR) is 46.4 cm³/mol. The van der Waals surface area contributed by atoms with Gasteiger partial charge >= 0.3 is 0 Å². The van der Waals surface area contributed by atoms with Crippen molar-refractivity contribution in [1.29, 1.82) is 5.26 Å². The molecule has 0 bridgehead atoms. The first kappa shape index (κ1) is 8.57. The van der Waals surface area contributed by atoms with Crippen LogP contribution in [0.25, 0.3) is 10.9 Å². The summed E-state index contributed by atoms with van der Waals surface area (Å²) < 4.78 is 25.9. The molecule has 0 saturated heterocycles. The number of hydrogen-bond acceptors (Lipinski definition) is 2. The molecule has 0 aliphatic rings. The van der Waals surface area contributed by atoms with E-state index in [1.165, 1.54) is 12.1 Å². The highest BCUT2D eigenvalue weighted by Gasteiger charge is 2.05. The lowest BCUT2D eigenvalue weighted by Crippen LogP contribution is -1.88. The van der Waals surface area contributed by atoms with Gasteiger partial charge in [0.1, 0.15) is 23.4 Å². The number of nitrogens with zero attached hydrogens (tertiary/aromatic N) is 2. The van der Waals surface area contributed by atoms with Gasteiger partial charge < -0.3 is 0 Å². The lowest BCUT2D eigenvalue weighted by molar-refractivity contribution is 0.591. The van der Waals surface area contributed by atoms with E-state index < -0.39 is 11.6 Å². The highest BCUT2D eigenvalue weighted by Crippen LogP contribution is 2.17. The van der Waals surface area contributed by atoms with Crippen LogP contribution in [0.3, 0.4) is 0 Å². The monoisotopic (exact) mass is 190 g/mol. The molecule has 0 unspecified atom stereocenters. The molecule has 2 aromatic rings. The second kappa shape index (κ2) is 3.04. The zero-order valence-electron chi connectivity index (χ0n) is 6.96. The molecule has 0 saturated carbocycles. The number of benzene rings is 1. The standard InChI is InChI=1S/C10H4F2N2/c11-6-3-9(12)8-2-1-7(5-13)14-10(8)4-6/h1-4H. The maximum atomic E-state index is 13.1. The van der Waals surface area contributed by atoms with Crippen LogP contribution < -0.4 is 0 Å². The van der Waals surface area contributed by atoms with Crippen LogP contribution in [0, 0.1) is 23.0 Å². The Kier molecular flexibility index (Phi) is 1.86. The van der Waals surface area contributed by atoms with Crippen LogP contribution >= 0.6 is 0 Å². The molecule has 0 amide bonds. The Bertz CT molecular complexity index is 544. The Balaban J connectivity index is 2.83. The molecule has 2 rings (SSSR count). The van der Waals surface area contributed by atoms with Crippen LogP contribution in [0.4, 0.5) is 8.78 Å². The van der Waals surface area contributed by atoms with Gasteiger partial charge in [-0.3, -0.25) is 0 Å². The fraction of sp³-hybridized carbons (Fsp3) is 0. The number of nitriles is 1. The molecule has 0 aliphatic carbocycles. The minimum Gasteiger partial charge on any atom is -0.237 e. The van der Waals surface area contributed by atoms with E-state index in [0.717, 1.165) is 12.1 Å². The largest absolute Gasteiger partial charge is 0.237 e. The van der Waals surface area contributed by atoms with Crippen LogP contribution in [0.15, 0.2) is 24.3 Å². The molecule has 0 radical (unpaired) electrons. The zero-order chi connectivity index (χ0) is 10.1. The Morgan fingerprint density at radius 1 is 1.21 bits per heavy atom. The van der Waals surface area contributed by atoms with Gasteiger partial charge in [0.25, 0.3) is 0 Å². The number of hydrogen-bond donors (Lipinski definition) is 0. The van der Waals surface area contributed by atoms with E-state index in [-0.39, 0.29) is 16.6 Å². The number of halogens is 2. The number of pyridine rings is 1. The lowest BCUT2D eigenvalue weighted by atomic mass is 10.2. The normalized spacial score (nSPS) is 10.1. The van der Waals surface area contributed by atoms with Gasteiger partial charge in [-0.15, -0.1) is 0 Å². The molecular formula is C10H4F2N2. The molecule has 0 aliphatic heterocycles. The van der Waals surface area contributed by atoms with Crippen LogP contribution in [-0.4, -0.2) is 4.98 Å². The zero-order valence-corrected chi connectivity index (χ0v) is 6.96. The summed E-state index contributed by atoms with van der Waals surface area (Å²) in [5.41, 5.74) is 0.295. The van der Waals surface area contributed by atoms with Gasteiger partial charge in [-0.25, -0.2) is 13.8 Å². The predicted octanol–water partition coefficient (Wildman–Crippen LogP) is 2.38. The van der Waals surface area contributed by atoms with E-state index in [1.807, 2.05) is 0 Å². The van der Waals surface area contributed by atoms with E-state index in [1.54, 1.807) is 6.07 Å². The Morgan fingerprint density at radius 3 is 2.71 bits per heavy atom. The molecule has 2 nitrogen and oxygen atoms in total. The molecule has 1 aromatic heterocycles. The minimum atomic E-state index is -0.697. The average Bonchev–Trinajstić information content (AvgIpc) is 2.16. The quantitative estimate of drug-likeness (QED) is 0.639. The number of rotatable bonds is 0. The second-order valence-electron chi connectivity index (χ2n) is 2.76. The molecular weight excluding hydrogens is 186 g/mol. The highest BCUT2D eigenvalue weighted by atomic mass is 19.1. The molecule has 1 aromatic carbocycles. The molecule has 14 heavy (non-hydrogen) atoms. The van der Waals surface area contributed by atoms with E-state index >= 15 is 0 Å². The SMILES string of the molecule is N#Cc1ccc2c(F)cc(F)cc2n1. The second-order valence-corrected chi connectivity index (χ2v) is 2.76. The lowest BCUT2D eigenvalue weighted by Gasteiger charge is -1.98. The van der Waals surface area contributed by atoms with E-state index in [0.29, 0.717) is 0 Å². The summed E-state index contributed by atoms with van der Waals surface area (Å²) >= 11 is 0. The van der Waals surface area contributed by atoms with Crippen molar-refractivity contribution < 1.29 is 8.78 Å². The van der Waals surface area contributed by atoms with E-state index in [2.05, 4.69) is 4.98 Å². The summed E-state index contributed by atoms with van der Waals surface area (Å²) in [6.45, 7) is 0. The molecule has 0 spiro atoms. The van der Waals surface area contributed by atoms with Crippen molar-refractivity contribution in [3.05, 3.63) is 41.6 Å². The first-order chi connectivity index (χ1) is 6.70. The van der Waals surface area contributed by atoms with Gasteiger partial charge in [0.2, 0.25) is 0 Å². The van der Waals surface area contributed by atoms with Gasteiger partial charge in [0.15, 0.2) is 0 Å². The Labute approximate surface area is 78.4 Å². The average molecular weight is 190 g/mol. The van der Waals surface area contributed by atoms with Gasteiger partial charge in [0, 0.05) is 17.5 Å². The maximum Gasteiger partial charge on any atom is 0.141 e. The first-order valence-corrected chi connectivity index (χ1v) is 3.86. The third-order valence-electron chi connectivity index (χ3n) is 1.84. The highest BCUT2D eigenvalue weighted by molar-refractivity contribution is 5.79. The van der Waals surface area contributed by atoms with Crippen molar-refractivity contribution in [3.8, 4) is 6.07 Å². The van der Waals surface area contributed by atoms with Crippen molar-refractivity contribution in [2.45, 2.75) is 0 Å². The summed E-state index contributed by atoms with van der Waals surface area (Å²) in [4.78, 5) is 3.77. The van der Waals surface area contributed by atoms with Gasteiger partial charge in [-0.05, 0) is 12.1 Å². The fourth-order valence-electron chi connectivity index (χ4n) is 1.22. The van der Waals surface area contributed by atoms with E-state index in [9.17, 15) is 8.78 Å². The first-order valence-electron chi connectivity index (χ1n) is 3.86. The molecule has 1 heterocycles. The molecule has 68 valence electrons. The maximum absolute atomic E-state index is 13.1. The molecule has 4 heteroatoms. The topological polar surface area (TPSA) is 36.7 Å². The molecule has 0 N–H and O–H groups in total. The van der Waals surface area contributed by atoms with Crippen molar-refractivity contribution in [3.63, 3.8) is 0 Å². The smallest absolute Gasteiger partial charge is 0.141 e. The minimum absolute atomic E-state index is 0.141. The summed E-state index contributed by atoms with van der Waals surface area (Å²) in [5.74, 6) is -1.37. The van der Waals surface area contributed by atoms with Crippen molar-refractivity contribution in [2.24, 2.45) is 0 Å². The van der Waals surface area contributed by atoms with E-state index in [4.69, 9.17) is 5.26 Å². The van der Waals surface area contributed by atoms with Gasteiger partial charge in [-0.1, -0.05) is 0 Å². The van der Waals surface area contributed by atoms with Crippen LogP contribution in [0.5, 0.6) is 0 Å². The van der Waals surface area contributed by atoms with Crippen LogP contribution in [0.2, 0.25) is 0 Å². The summed E-state index contributed by atoms with van der Waals surface area (Å²) in [5, 5.41) is 8.75. The van der Waals surface area contributed by atoms with Crippen molar-refractivity contribution >= 4 is 10.9 Å². The summed E-state index contributed by atoms with van der Waals surface area (Å²) in [6, 6.07) is 6.49. The number of aromatic nitrogens is 1. The van der Waals surface area contributed by atoms with Crippen molar-refractivity contribution in [2.75, 3.05) is 0 Å². The Morgan fingerprint density at radius 2 is 2.00 bits per heavy atom. The van der Waals surface area contributed by atoms with Crippen LogP contribution in [-0.2, 0) is 0 Å². The fourth-order valence-corrected chi connectivity index (χ4v) is 1.22. The molecule has 0 fully saturated rings. The number of fused-ring (bicyclic) bond motifs is 1. The molecule has 0 atom stereocenters. The van der Waals surface area contributed by atoms with Crippen LogP contribution in [0.1, 0.15) is 5.69 Å². The Hall–Kier alpha value is -2.02. The van der Waals surface area contributed by atoms with Crippen molar-refractivity contribution in [1.82, 2.24) is 4.98 Å².